The molecule has 88 valence electrons. The summed E-state index contributed by atoms with van der Waals surface area (Å²) in [5, 5.41) is 4.54. The van der Waals surface area contributed by atoms with Crippen LogP contribution in [0.15, 0.2) is 24.3 Å². The fourth-order valence-corrected chi connectivity index (χ4v) is 2.24. The zero-order valence-electron chi connectivity index (χ0n) is 9.93. The van der Waals surface area contributed by atoms with Crippen LogP contribution in [0, 0.1) is 6.92 Å². The molecule has 0 amide bonds. The van der Waals surface area contributed by atoms with Crippen molar-refractivity contribution in [2.75, 3.05) is 0 Å². The predicted octanol–water partition coefficient (Wildman–Crippen LogP) is 1.53. The Hall–Kier alpha value is -1.68. The summed E-state index contributed by atoms with van der Waals surface area (Å²) in [7, 11) is 0. The molecule has 4 heteroatoms. The zero-order valence-corrected chi connectivity index (χ0v) is 9.93. The average Bonchev–Trinajstić information content (AvgIpc) is 2.72. The molecule has 0 aliphatic carbocycles. The summed E-state index contributed by atoms with van der Waals surface area (Å²) in [5.74, 6) is 1.88. The van der Waals surface area contributed by atoms with Crippen molar-refractivity contribution in [1.82, 2.24) is 14.8 Å². The van der Waals surface area contributed by atoms with Gasteiger partial charge in [0.2, 0.25) is 0 Å². The first-order valence-corrected chi connectivity index (χ1v) is 5.99. The van der Waals surface area contributed by atoms with E-state index in [-0.39, 0.29) is 6.04 Å². The van der Waals surface area contributed by atoms with Gasteiger partial charge >= 0.3 is 0 Å². The molecule has 1 aromatic carbocycles. The summed E-state index contributed by atoms with van der Waals surface area (Å²) in [6, 6.07) is 8.50. The van der Waals surface area contributed by atoms with Crippen LogP contribution in [-0.2, 0) is 13.0 Å². The average molecular weight is 228 g/mol. The van der Waals surface area contributed by atoms with Crippen molar-refractivity contribution >= 4 is 0 Å². The smallest absolute Gasteiger partial charge is 0.181 e. The number of aromatic nitrogens is 3. The van der Waals surface area contributed by atoms with Gasteiger partial charge in [0, 0.05) is 18.0 Å². The second-order valence-corrected chi connectivity index (χ2v) is 4.70. The Kier molecular flexibility index (Phi) is 2.44. The number of nitrogens with two attached hydrogens (primary N) is 1. The van der Waals surface area contributed by atoms with E-state index in [0.717, 1.165) is 36.6 Å². The standard InChI is InChI=1S/C13H16N4/c1-9-3-2-4-10(7-9)13-15-12-6-5-11(14)8-17(12)16-13/h2-4,7,11H,5-6,8,14H2,1H3. The van der Waals surface area contributed by atoms with E-state index >= 15 is 0 Å². The van der Waals surface area contributed by atoms with E-state index in [1.165, 1.54) is 5.56 Å². The molecule has 2 N–H and O–H groups in total. The molecule has 1 unspecified atom stereocenters. The second-order valence-electron chi connectivity index (χ2n) is 4.70. The highest BCUT2D eigenvalue weighted by molar-refractivity contribution is 5.55. The van der Waals surface area contributed by atoms with Gasteiger partial charge in [0.15, 0.2) is 5.82 Å². The Bertz CT molecular complexity index is 544. The lowest BCUT2D eigenvalue weighted by atomic mass is 10.1. The van der Waals surface area contributed by atoms with Crippen molar-refractivity contribution in [3.05, 3.63) is 35.7 Å². The van der Waals surface area contributed by atoms with Crippen LogP contribution in [0.25, 0.3) is 11.4 Å². The molecule has 2 heterocycles. The van der Waals surface area contributed by atoms with E-state index in [1.54, 1.807) is 0 Å². The molecule has 1 aromatic heterocycles. The molecule has 0 saturated heterocycles. The number of fused-ring (bicyclic) bond motifs is 1. The topological polar surface area (TPSA) is 56.7 Å². The molecule has 1 aliphatic heterocycles. The number of hydrogen-bond acceptors (Lipinski definition) is 3. The van der Waals surface area contributed by atoms with Crippen molar-refractivity contribution in [2.45, 2.75) is 32.4 Å². The molecule has 1 aliphatic rings. The molecule has 4 nitrogen and oxygen atoms in total. The zero-order chi connectivity index (χ0) is 11.8. The molecule has 1 atom stereocenters. The van der Waals surface area contributed by atoms with Crippen LogP contribution >= 0.6 is 0 Å². The van der Waals surface area contributed by atoms with Crippen molar-refractivity contribution in [1.29, 1.82) is 0 Å². The molecule has 0 radical (unpaired) electrons. The van der Waals surface area contributed by atoms with Crippen LogP contribution in [0.5, 0.6) is 0 Å². The maximum Gasteiger partial charge on any atom is 0.181 e. The van der Waals surface area contributed by atoms with Crippen molar-refractivity contribution in [3.63, 3.8) is 0 Å². The van der Waals surface area contributed by atoms with Crippen LogP contribution in [0.1, 0.15) is 17.8 Å². The third-order valence-corrected chi connectivity index (χ3v) is 3.17. The van der Waals surface area contributed by atoms with Crippen LogP contribution in [-0.4, -0.2) is 20.8 Å². The third kappa shape index (κ3) is 1.96. The summed E-state index contributed by atoms with van der Waals surface area (Å²) in [6.45, 7) is 2.86. The van der Waals surface area contributed by atoms with Gasteiger partial charge < -0.3 is 5.73 Å². The summed E-state index contributed by atoms with van der Waals surface area (Å²) in [5.41, 5.74) is 8.25. The van der Waals surface area contributed by atoms with E-state index in [2.05, 4.69) is 29.1 Å². The van der Waals surface area contributed by atoms with E-state index in [9.17, 15) is 0 Å². The Balaban J connectivity index is 2.00. The van der Waals surface area contributed by atoms with Gasteiger partial charge in [0.1, 0.15) is 5.82 Å². The molecule has 17 heavy (non-hydrogen) atoms. The van der Waals surface area contributed by atoms with Crippen LogP contribution in [0.4, 0.5) is 0 Å². The van der Waals surface area contributed by atoms with Gasteiger partial charge in [-0.25, -0.2) is 9.67 Å². The first kappa shape index (κ1) is 10.5. The highest BCUT2D eigenvalue weighted by Gasteiger charge is 2.19. The number of aryl methyl sites for hydroxylation is 2. The quantitative estimate of drug-likeness (QED) is 0.805. The normalized spacial score (nSPS) is 19.1. The lowest BCUT2D eigenvalue weighted by molar-refractivity contribution is 0.422. The molecular formula is C13H16N4. The molecule has 2 aromatic rings. The predicted molar refractivity (Wildman–Crippen MR) is 66.5 cm³/mol. The highest BCUT2D eigenvalue weighted by Crippen LogP contribution is 2.20. The summed E-state index contributed by atoms with van der Waals surface area (Å²) in [4.78, 5) is 4.59. The van der Waals surface area contributed by atoms with Crippen LogP contribution in [0.2, 0.25) is 0 Å². The minimum atomic E-state index is 0.217. The van der Waals surface area contributed by atoms with Crippen molar-refractivity contribution < 1.29 is 0 Å². The fraction of sp³-hybridized carbons (Fsp3) is 0.385. The lowest BCUT2D eigenvalue weighted by Gasteiger charge is -2.17. The Labute approximate surface area is 100 Å². The van der Waals surface area contributed by atoms with Crippen molar-refractivity contribution in [2.24, 2.45) is 5.73 Å². The molecule has 0 bridgehead atoms. The monoisotopic (exact) mass is 228 g/mol. The van der Waals surface area contributed by atoms with Crippen LogP contribution in [0.3, 0.4) is 0 Å². The maximum atomic E-state index is 5.93. The number of benzene rings is 1. The highest BCUT2D eigenvalue weighted by atomic mass is 15.4. The van der Waals surface area contributed by atoms with Gasteiger partial charge in [-0.3, -0.25) is 0 Å². The largest absolute Gasteiger partial charge is 0.326 e. The first-order chi connectivity index (χ1) is 8.22. The number of nitrogens with zero attached hydrogens (tertiary/aromatic N) is 3. The second kappa shape index (κ2) is 3.96. The van der Waals surface area contributed by atoms with Gasteiger partial charge in [-0.1, -0.05) is 23.8 Å². The van der Waals surface area contributed by atoms with E-state index < -0.39 is 0 Å². The van der Waals surface area contributed by atoms with E-state index in [1.807, 2.05) is 16.8 Å². The van der Waals surface area contributed by atoms with Crippen LogP contribution < -0.4 is 5.73 Å². The molecule has 0 saturated carbocycles. The summed E-state index contributed by atoms with van der Waals surface area (Å²) < 4.78 is 1.95. The van der Waals surface area contributed by atoms with Crippen molar-refractivity contribution in [3.8, 4) is 11.4 Å². The van der Waals surface area contributed by atoms with Gasteiger partial charge in [-0.15, -0.1) is 0 Å². The number of rotatable bonds is 1. The number of hydrogen-bond donors (Lipinski definition) is 1. The molecule has 0 fully saturated rings. The van der Waals surface area contributed by atoms with Gasteiger partial charge in [0.05, 0.1) is 6.54 Å². The molecule has 3 rings (SSSR count). The molecule has 0 spiro atoms. The van der Waals surface area contributed by atoms with Gasteiger partial charge in [-0.05, 0) is 19.4 Å². The van der Waals surface area contributed by atoms with Gasteiger partial charge in [0.25, 0.3) is 0 Å². The summed E-state index contributed by atoms with van der Waals surface area (Å²) in [6.07, 6.45) is 1.94. The lowest BCUT2D eigenvalue weighted by Crippen LogP contribution is -2.32. The SMILES string of the molecule is Cc1cccc(-c2nc3n(n2)CC(N)CC3)c1. The Morgan fingerprint density at radius 2 is 2.29 bits per heavy atom. The first-order valence-electron chi connectivity index (χ1n) is 5.99. The van der Waals surface area contributed by atoms with E-state index in [0.29, 0.717) is 0 Å². The summed E-state index contributed by atoms with van der Waals surface area (Å²) >= 11 is 0. The Morgan fingerprint density at radius 3 is 3.12 bits per heavy atom. The Morgan fingerprint density at radius 1 is 1.41 bits per heavy atom. The minimum Gasteiger partial charge on any atom is -0.326 e. The van der Waals surface area contributed by atoms with Gasteiger partial charge in [-0.2, -0.15) is 5.10 Å². The minimum absolute atomic E-state index is 0.217. The fourth-order valence-electron chi connectivity index (χ4n) is 2.24. The maximum absolute atomic E-state index is 5.93. The van der Waals surface area contributed by atoms with E-state index in [4.69, 9.17) is 5.73 Å². The molecular weight excluding hydrogens is 212 g/mol. The third-order valence-electron chi connectivity index (χ3n) is 3.17.